The largest absolute Gasteiger partial charge is 0.405 e. The van der Waals surface area contributed by atoms with E-state index >= 15 is 0 Å². The average molecular weight is 269 g/mol. The standard InChI is InChI=1S/C10H18F3N3O2/c1-7(14)8-4-16(2-3-18-8)5-9(17)15-6-10(11,12)13/h7-8H,2-6,14H2,1H3,(H,15,17). The summed E-state index contributed by atoms with van der Waals surface area (Å²) in [5, 5.41) is 1.84. The summed E-state index contributed by atoms with van der Waals surface area (Å²) in [7, 11) is 0. The van der Waals surface area contributed by atoms with Crippen molar-refractivity contribution >= 4 is 5.91 Å². The first-order valence-electron chi connectivity index (χ1n) is 5.71. The zero-order valence-corrected chi connectivity index (χ0v) is 10.2. The molecule has 0 bridgehead atoms. The molecule has 1 aliphatic rings. The number of amides is 1. The minimum Gasteiger partial charge on any atom is -0.374 e. The third kappa shape index (κ3) is 5.65. The Hall–Kier alpha value is -0.860. The number of hydrogen-bond donors (Lipinski definition) is 2. The van der Waals surface area contributed by atoms with Crippen LogP contribution in [0, 0.1) is 0 Å². The number of nitrogens with zero attached hydrogens (tertiary/aromatic N) is 1. The molecule has 2 unspecified atom stereocenters. The second-order valence-electron chi connectivity index (χ2n) is 4.40. The Morgan fingerprint density at radius 3 is 2.83 bits per heavy atom. The molecule has 1 fully saturated rings. The SMILES string of the molecule is CC(N)C1CN(CC(=O)NCC(F)(F)F)CCO1. The fourth-order valence-corrected chi connectivity index (χ4v) is 1.65. The molecule has 0 saturated carbocycles. The highest BCUT2D eigenvalue weighted by Gasteiger charge is 2.29. The van der Waals surface area contributed by atoms with E-state index in [0.29, 0.717) is 19.7 Å². The Balaban J connectivity index is 2.31. The molecule has 1 rings (SSSR count). The third-order valence-electron chi connectivity index (χ3n) is 2.62. The molecule has 1 aliphatic heterocycles. The number of nitrogens with two attached hydrogens (primary N) is 1. The van der Waals surface area contributed by atoms with Crippen molar-refractivity contribution in [1.82, 2.24) is 10.2 Å². The molecule has 2 atom stereocenters. The summed E-state index contributed by atoms with van der Waals surface area (Å²) in [5.74, 6) is -0.641. The average Bonchev–Trinajstić information content (AvgIpc) is 2.26. The van der Waals surface area contributed by atoms with Crippen molar-refractivity contribution in [3.8, 4) is 0 Å². The summed E-state index contributed by atoms with van der Waals surface area (Å²) in [6.45, 7) is 1.83. The van der Waals surface area contributed by atoms with Gasteiger partial charge in [0.25, 0.3) is 0 Å². The van der Waals surface area contributed by atoms with Crippen molar-refractivity contribution in [3.63, 3.8) is 0 Å². The number of alkyl halides is 3. The van der Waals surface area contributed by atoms with Crippen molar-refractivity contribution in [2.75, 3.05) is 32.8 Å². The number of carbonyl (C=O) groups excluding carboxylic acids is 1. The van der Waals surface area contributed by atoms with Crippen LogP contribution in [-0.4, -0.2) is 61.9 Å². The number of halogens is 3. The first-order chi connectivity index (χ1) is 8.28. The fraction of sp³-hybridized carbons (Fsp3) is 0.900. The van der Waals surface area contributed by atoms with Gasteiger partial charge in [0.05, 0.1) is 19.3 Å². The van der Waals surface area contributed by atoms with Crippen molar-refractivity contribution < 1.29 is 22.7 Å². The Kier molecular flexibility index (Phi) is 5.36. The molecule has 0 aromatic carbocycles. The number of ether oxygens (including phenoxy) is 1. The molecule has 18 heavy (non-hydrogen) atoms. The van der Waals surface area contributed by atoms with Crippen molar-refractivity contribution in [2.45, 2.75) is 25.2 Å². The molecular weight excluding hydrogens is 251 g/mol. The van der Waals surface area contributed by atoms with Crippen LogP contribution in [-0.2, 0) is 9.53 Å². The number of morpholine rings is 1. The molecule has 8 heteroatoms. The first kappa shape index (κ1) is 15.2. The van der Waals surface area contributed by atoms with Gasteiger partial charge in [-0.1, -0.05) is 0 Å². The quantitative estimate of drug-likeness (QED) is 0.736. The predicted octanol–water partition coefficient (Wildman–Crippen LogP) is -0.287. The zero-order valence-electron chi connectivity index (χ0n) is 10.2. The smallest absolute Gasteiger partial charge is 0.374 e. The highest BCUT2D eigenvalue weighted by molar-refractivity contribution is 5.78. The van der Waals surface area contributed by atoms with Crippen LogP contribution in [0.5, 0.6) is 0 Å². The lowest BCUT2D eigenvalue weighted by atomic mass is 10.1. The molecular formula is C10H18F3N3O2. The van der Waals surface area contributed by atoms with E-state index in [9.17, 15) is 18.0 Å². The Labute approximate surface area is 103 Å². The van der Waals surface area contributed by atoms with Crippen LogP contribution in [0.4, 0.5) is 13.2 Å². The molecule has 1 heterocycles. The Morgan fingerprint density at radius 1 is 1.61 bits per heavy atom. The number of nitrogens with one attached hydrogen (secondary N) is 1. The van der Waals surface area contributed by atoms with Crippen LogP contribution < -0.4 is 11.1 Å². The summed E-state index contributed by atoms with van der Waals surface area (Å²) in [6, 6.07) is -0.175. The van der Waals surface area contributed by atoms with Gasteiger partial charge in [0.15, 0.2) is 0 Å². The summed E-state index contributed by atoms with van der Waals surface area (Å²) < 4.78 is 41.1. The second-order valence-corrected chi connectivity index (χ2v) is 4.40. The minimum absolute atomic E-state index is 0.0668. The van der Waals surface area contributed by atoms with E-state index in [-0.39, 0.29) is 18.7 Å². The van der Waals surface area contributed by atoms with Gasteiger partial charge in [-0.25, -0.2) is 0 Å². The van der Waals surface area contributed by atoms with Gasteiger partial charge < -0.3 is 15.8 Å². The van der Waals surface area contributed by atoms with E-state index in [2.05, 4.69) is 0 Å². The van der Waals surface area contributed by atoms with Gasteiger partial charge in [0.2, 0.25) is 5.91 Å². The van der Waals surface area contributed by atoms with Crippen LogP contribution >= 0.6 is 0 Å². The summed E-state index contributed by atoms with van der Waals surface area (Å²) >= 11 is 0. The zero-order chi connectivity index (χ0) is 13.8. The molecule has 1 saturated heterocycles. The molecule has 5 nitrogen and oxygen atoms in total. The molecule has 106 valence electrons. The summed E-state index contributed by atoms with van der Waals surface area (Å²) in [5.41, 5.74) is 5.67. The third-order valence-corrected chi connectivity index (χ3v) is 2.62. The van der Waals surface area contributed by atoms with Crippen molar-refractivity contribution in [1.29, 1.82) is 0 Å². The van der Waals surface area contributed by atoms with Crippen LogP contribution in [0.3, 0.4) is 0 Å². The molecule has 0 aromatic heterocycles. The van der Waals surface area contributed by atoms with Gasteiger partial charge in [0.1, 0.15) is 6.54 Å². The topological polar surface area (TPSA) is 67.6 Å². The van der Waals surface area contributed by atoms with Gasteiger partial charge in [-0.2, -0.15) is 13.2 Å². The molecule has 3 N–H and O–H groups in total. The van der Waals surface area contributed by atoms with E-state index in [4.69, 9.17) is 10.5 Å². The Bertz CT molecular complexity index is 284. The maximum absolute atomic E-state index is 11.9. The van der Waals surface area contributed by atoms with Gasteiger partial charge in [0, 0.05) is 19.1 Å². The van der Waals surface area contributed by atoms with Gasteiger partial charge >= 0.3 is 6.18 Å². The van der Waals surface area contributed by atoms with Crippen molar-refractivity contribution in [2.24, 2.45) is 5.73 Å². The lowest BCUT2D eigenvalue weighted by Crippen LogP contribution is -2.52. The number of hydrogen-bond acceptors (Lipinski definition) is 4. The Morgan fingerprint density at radius 2 is 2.28 bits per heavy atom. The highest BCUT2D eigenvalue weighted by Crippen LogP contribution is 2.12. The maximum Gasteiger partial charge on any atom is 0.405 e. The number of rotatable bonds is 4. The monoisotopic (exact) mass is 269 g/mol. The van der Waals surface area contributed by atoms with Crippen molar-refractivity contribution in [3.05, 3.63) is 0 Å². The summed E-state index contributed by atoms with van der Waals surface area (Å²) in [6.07, 6.45) is -4.57. The lowest BCUT2D eigenvalue weighted by molar-refractivity contribution is -0.140. The van der Waals surface area contributed by atoms with E-state index in [1.807, 2.05) is 5.32 Å². The highest BCUT2D eigenvalue weighted by atomic mass is 19.4. The minimum atomic E-state index is -4.38. The van der Waals surface area contributed by atoms with Crippen LogP contribution in [0.2, 0.25) is 0 Å². The molecule has 1 amide bonds. The summed E-state index contributed by atoms with van der Waals surface area (Å²) in [4.78, 5) is 13.0. The normalized spacial score (nSPS) is 23.7. The van der Waals surface area contributed by atoms with Gasteiger partial charge in [-0.05, 0) is 6.92 Å². The van der Waals surface area contributed by atoms with Gasteiger partial charge in [-0.15, -0.1) is 0 Å². The van der Waals surface area contributed by atoms with E-state index in [0.717, 1.165) is 0 Å². The predicted molar refractivity (Wildman–Crippen MR) is 58.9 cm³/mol. The van der Waals surface area contributed by atoms with Crippen LogP contribution in [0.25, 0.3) is 0 Å². The van der Waals surface area contributed by atoms with Crippen LogP contribution in [0.15, 0.2) is 0 Å². The molecule has 0 radical (unpaired) electrons. The van der Waals surface area contributed by atoms with E-state index < -0.39 is 18.6 Å². The fourth-order valence-electron chi connectivity index (χ4n) is 1.65. The molecule has 0 spiro atoms. The van der Waals surface area contributed by atoms with E-state index in [1.54, 1.807) is 11.8 Å². The van der Waals surface area contributed by atoms with Crippen LogP contribution in [0.1, 0.15) is 6.92 Å². The van der Waals surface area contributed by atoms with E-state index in [1.165, 1.54) is 0 Å². The number of carbonyl (C=O) groups is 1. The second kappa shape index (κ2) is 6.35. The maximum atomic E-state index is 11.9. The molecule has 0 aliphatic carbocycles. The lowest BCUT2D eigenvalue weighted by Gasteiger charge is -2.34. The first-order valence-corrected chi connectivity index (χ1v) is 5.71. The molecule has 0 aromatic rings. The van der Waals surface area contributed by atoms with Gasteiger partial charge in [-0.3, -0.25) is 9.69 Å².